The minimum absolute atomic E-state index is 0.0521. The van der Waals surface area contributed by atoms with Crippen LogP contribution in [-0.4, -0.2) is 31.4 Å². The van der Waals surface area contributed by atoms with Gasteiger partial charge in [-0.25, -0.2) is 4.39 Å². The Kier molecular flexibility index (Phi) is 6.66. The maximum atomic E-state index is 13.3. The van der Waals surface area contributed by atoms with Crippen molar-refractivity contribution >= 4 is 17.5 Å². The predicted molar refractivity (Wildman–Crippen MR) is 75.7 cm³/mol. The summed E-state index contributed by atoms with van der Waals surface area (Å²) in [4.78, 5) is 22.9. The van der Waals surface area contributed by atoms with Crippen LogP contribution in [0.4, 0.5) is 10.1 Å². The van der Waals surface area contributed by atoms with E-state index < -0.39 is 11.7 Å². The Balaban J connectivity index is 2.24. The SMILES string of the molecule is CC(C)CNC(=O)CNCC(=O)Nc1ccccc1F. The molecule has 5 nitrogen and oxygen atoms in total. The van der Waals surface area contributed by atoms with Gasteiger partial charge in [-0.05, 0) is 18.1 Å². The lowest BCUT2D eigenvalue weighted by atomic mass is 10.2. The molecule has 0 aliphatic heterocycles. The Morgan fingerprint density at radius 2 is 1.80 bits per heavy atom. The van der Waals surface area contributed by atoms with Gasteiger partial charge in [0.15, 0.2) is 0 Å². The van der Waals surface area contributed by atoms with Crippen molar-refractivity contribution in [2.75, 3.05) is 25.0 Å². The summed E-state index contributed by atoms with van der Waals surface area (Å²) in [7, 11) is 0. The molecule has 110 valence electrons. The number of benzene rings is 1. The van der Waals surface area contributed by atoms with Crippen molar-refractivity contribution in [2.45, 2.75) is 13.8 Å². The van der Waals surface area contributed by atoms with Crippen LogP contribution in [0.3, 0.4) is 0 Å². The van der Waals surface area contributed by atoms with Crippen LogP contribution in [-0.2, 0) is 9.59 Å². The average Bonchev–Trinajstić information content (AvgIpc) is 2.39. The number of hydrogen-bond acceptors (Lipinski definition) is 3. The first kappa shape index (κ1) is 16.1. The Labute approximate surface area is 117 Å². The molecule has 0 saturated heterocycles. The lowest BCUT2D eigenvalue weighted by Gasteiger charge is -2.09. The molecule has 3 N–H and O–H groups in total. The summed E-state index contributed by atoms with van der Waals surface area (Å²) in [6, 6.07) is 5.92. The summed E-state index contributed by atoms with van der Waals surface area (Å²) < 4.78 is 13.3. The highest BCUT2D eigenvalue weighted by Gasteiger charge is 2.07. The summed E-state index contributed by atoms with van der Waals surface area (Å²) in [5, 5.41) is 7.85. The van der Waals surface area contributed by atoms with Crippen molar-refractivity contribution in [1.29, 1.82) is 0 Å². The zero-order valence-electron chi connectivity index (χ0n) is 11.7. The molecule has 0 aliphatic carbocycles. The van der Waals surface area contributed by atoms with E-state index in [2.05, 4.69) is 16.0 Å². The monoisotopic (exact) mass is 281 g/mol. The van der Waals surface area contributed by atoms with Crippen LogP contribution in [0.2, 0.25) is 0 Å². The van der Waals surface area contributed by atoms with E-state index in [0.717, 1.165) is 0 Å². The molecule has 0 radical (unpaired) electrons. The predicted octanol–water partition coefficient (Wildman–Crippen LogP) is 1.13. The minimum Gasteiger partial charge on any atom is -0.355 e. The summed E-state index contributed by atoms with van der Waals surface area (Å²) in [6.45, 7) is 4.59. The molecule has 6 heteroatoms. The van der Waals surface area contributed by atoms with Crippen molar-refractivity contribution < 1.29 is 14.0 Å². The van der Waals surface area contributed by atoms with Crippen molar-refractivity contribution in [3.8, 4) is 0 Å². The van der Waals surface area contributed by atoms with E-state index in [9.17, 15) is 14.0 Å². The third-order valence-corrected chi connectivity index (χ3v) is 2.43. The molecule has 0 saturated carbocycles. The van der Waals surface area contributed by atoms with E-state index in [0.29, 0.717) is 12.5 Å². The smallest absolute Gasteiger partial charge is 0.238 e. The fourth-order valence-corrected chi connectivity index (χ4v) is 1.43. The van der Waals surface area contributed by atoms with Gasteiger partial charge in [-0.2, -0.15) is 0 Å². The lowest BCUT2D eigenvalue weighted by Crippen LogP contribution is -2.38. The van der Waals surface area contributed by atoms with Gasteiger partial charge in [-0.3, -0.25) is 14.9 Å². The van der Waals surface area contributed by atoms with Gasteiger partial charge in [-0.1, -0.05) is 26.0 Å². The van der Waals surface area contributed by atoms with E-state index in [1.807, 2.05) is 13.8 Å². The maximum Gasteiger partial charge on any atom is 0.238 e. The molecule has 0 bridgehead atoms. The zero-order chi connectivity index (χ0) is 15.0. The molecular formula is C14H20FN3O2. The Bertz CT molecular complexity index is 463. The molecule has 1 aromatic carbocycles. The van der Waals surface area contributed by atoms with Gasteiger partial charge in [0, 0.05) is 6.54 Å². The zero-order valence-corrected chi connectivity index (χ0v) is 11.7. The Morgan fingerprint density at radius 3 is 2.45 bits per heavy atom. The van der Waals surface area contributed by atoms with E-state index >= 15 is 0 Å². The highest BCUT2D eigenvalue weighted by molar-refractivity contribution is 5.92. The lowest BCUT2D eigenvalue weighted by molar-refractivity contribution is -0.120. The van der Waals surface area contributed by atoms with Crippen LogP contribution in [0.15, 0.2) is 24.3 Å². The van der Waals surface area contributed by atoms with Crippen LogP contribution in [0.1, 0.15) is 13.8 Å². The molecule has 0 aromatic heterocycles. The Hall–Kier alpha value is -1.95. The maximum absolute atomic E-state index is 13.3. The number of rotatable bonds is 7. The van der Waals surface area contributed by atoms with Gasteiger partial charge >= 0.3 is 0 Å². The van der Waals surface area contributed by atoms with E-state index in [1.165, 1.54) is 12.1 Å². The van der Waals surface area contributed by atoms with Crippen molar-refractivity contribution in [1.82, 2.24) is 10.6 Å². The molecule has 20 heavy (non-hydrogen) atoms. The van der Waals surface area contributed by atoms with Gasteiger partial charge < -0.3 is 10.6 Å². The standard InChI is InChI=1S/C14H20FN3O2/c1-10(2)7-17-13(19)8-16-9-14(20)18-12-6-4-3-5-11(12)15/h3-6,10,16H,7-9H2,1-2H3,(H,17,19)(H,18,20). The third-order valence-electron chi connectivity index (χ3n) is 2.43. The first-order valence-electron chi connectivity index (χ1n) is 6.51. The highest BCUT2D eigenvalue weighted by Crippen LogP contribution is 2.11. The van der Waals surface area contributed by atoms with Crippen LogP contribution in [0, 0.1) is 11.7 Å². The quantitative estimate of drug-likeness (QED) is 0.701. The van der Waals surface area contributed by atoms with Crippen molar-refractivity contribution in [3.05, 3.63) is 30.1 Å². The largest absolute Gasteiger partial charge is 0.355 e. The molecule has 0 aliphatic rings. The highest BCUT2D eigenvalue weighted by atomic mass is 19.1. The number of halogens is 1. The van der Waals surface area contributed by atoms with Crippen LogP contribution in [0.25, 0.3) is 0 Å². The van der Waals surface area contributed by atoms with Gasteiger partial charge in [0.05, 0.1) is 18.8 Å². The van der Waals surface area contributed by atoms with Gasteiger partial charge in [0.25, 0.3) is 0 Å². The number of carbonyl (C=O) groups is 2. The molecule has 0 spiro atoms. The molecule has 0 atom stereocenters. The fraction of sp³-hybridized carbons (Fsp3) is 0.429. The minimum atomic E-state index is -0.490. The van der Waals surface area contributed by atoms with Crippen LogP contribution < -0.4 is 16.0 Å². The second kappa shape index (κ2) is 8.27. The molecule has 2 amide bonds. The number of nitrogens with one attached hydrogen (secondary N) is 3. The van der Waals surface area contributed by atoms with Crippen LogP contribution in [0.5, 0.6) is 0 Å². The summed E-state index contributed by atoms with van der Waals surface area (Å²) in [5.74, 6) is -0.678. The van der Waals surface area contributed by atoms with E-state index in [1.54, 1.807) is 12.1 Å². The molecule has 1 rings (SSSR count). The fourth-order valence-electron chi connectivity index (χ4n) is 1.43. The number of hydrogen-bond donors (Lipinski definition) is 3. The first-order chi connectivity index (χ1) is 9.49. The number of amides is 2. The number of para-hydroxylation sites is 1. The second-order valence-corrected chi connectivity index (χ2v) is 4.83. The number of anilines is 1. The topological polar surface area (TPSA) is 70.2 Å². The van der Waals surface area contributed by atoms with Crippen LogP contribution >= 0.6 is 0 Å². The summed E-state index contributed by atoms with van der Waals surface area (Å²) >= 11 is 0. The van der Waals surface area contributed by atoms with Crippen molar-refractivity contribution in [2.24, 2.45) is 5.92 Å². The van der Waals surface area contributed by atoms with Gasteiger partial charge in [-0.15, -0.1) is 0 Å². The van der Waals surface area contributed by atoms with Gasteiger partial charge in [0.1, 0.15) is 5.82 Å². The van der Waals surface area contributed by atoms with Gasteiger partial charge in [0.2, 0.25) is 11.8 Å². The molecule has 1 aromatic rings. The molecule has 0 unspecified atom stereocenters. The molecule has 0 fully saturated rings. The normalized spacial score (nSPS) is 10.4. The summed E-state index contributed by atoms with van der Waals surface area (Å²) in [5.41, 5.74) is 0.128. The molecule has 0 heterocycles. The van der Waals surface area contributed by atoms with Crippen molar-refractivity contribution in [3.63, 3.8) is 0 Å². The molecular weight excluding hydrogens is 261 g/mol. The third kappa shape index (κ3) is 6.29. The number of carbonyl (C=O) groups excluding carboxylic acids is 2. The summed E-state index contributed by atoms with van der Waals surface area (Å²) in [6.07, 6.45) is 0. The van der Waals surface area contributed by atoms with E-state index in [4.69, 9.17) is 0 Å². The first-order valence-corrected chi connectivity index (χ1v) is 6.51. The van der Waals surface area contributed by atoms with E-state index in [-0.39, 0.29) is 24.7 Å². The Morgan fingerprint density at radius 1 is 1.15 bits per heavy atom. The second-order valence-electron chi connectivity index (χ2n) is 4.83. The average molecular weight is 281 g/mol.